The largest absolute Gasteiger partial charge is 0.508 e. The summed E-state index contributed by atoms with van der Waals surface area (Å²) >= 11 is 0. The molecule has 0 radical (unpaired) electrons. The molecule has 4 rings (SSSR count). The second-order valence-corrected chi connectivity index (χ2v) is 23.8. The Labute approximate surface area is 563 Å². The molecule has 0 unspecified atom stereocenters. The van der Waals surface area contributed by atoms with Gasteiger partial charge in [-0.1, -0.05) is 74.9 Å². The van der Waals surface area contributed by atoms with E-state index in [0.29, 0.717) is 43.4 Å². The van der Waals surface area contributed by atoms with Crippen molar-refractivity contribution < 1.29 is 63.0 Å². The van der Waals surface area contributed by atoms with Crippen LogP contribution in [0, 0.1) is 5.92 Å². The number of aliphatic imine (C=N–C) groups is 3. The van der Waals surface area contributed by atoms with Gasteiger partial charge in [-0.15, -0.1) is 0 Å². The SMILES string of the molecule is CC[C@H](C)[C@H](NC(=O)[C@H](CCCN=C(N)N)NC(=O)[C@H](CCCN=C(N)N)NC(=O)[C@@H]1C/C=C\C[C@@H](NC(=O)[C@@H](N)Cc2ccc(O)cc2)C(=O)NCC(=O)N[C@@H](Cc2ccccc2)C(=O)N1)C(=O)N[C@@H](CCCN=C(N)N)C(=O)N1CCC[C@H]1C(=O)N[C@@H](CCCCN)C(=O)O. The summed E-state index contributed by atoms with van der Waals surface area (Å²) in [6, 6.07) is 1.33. The molecule has 0 aliphatic carbocycles. The molecule has 11 atom stereocenters. The molecule has 1 saturated heterocycles. The van der Waals surface area contributed by atoms with Crippen molar-refractivity contribution in [3.63, 3.8) is 0 Å². The number of carbonyl (C=O) groups excluding carboxylic acids is 10. The third-order valence-electron chi connectivity index (χ3n) is 16.2. The highest BCUT2D eigenvalue weighted by molar-refractivity contribution is 5.99. The Bertz CT molecular complexity index is 3090. The molecule has 97 heavy (non-hydrogen) atoms. The van der Waals surface area contributed by atoms with Crippen LogP contribution in [-0.4, -0.2) is 198 Å². The Hall–Kier alpha value is -10.1. The zero-order valence-corrected chi connectivity index (χ0v) is 55.1. The molecule has 2 aliphatic rings. The first-order chi connectivity index (χ1) is 46.2. The molecule has 2 aromatic rings. The summed E-state index contributed by atoms with van der Waals surface area (Å²) in [6.45, 7) is 3.21. The summed E-state index contributed by atoms with van der Waals surface area (Å²) < 4.78 is 0. The number of carboxylic acid groups (broad SMARTS) is 1. The number of hydrogen-bond donors (Lipinski definition) is 19. The van der Waals surface area contributed by atoms with Gasteiger partial charge in [-0.2, -0.15) is 0 Å². The third kappa shape index (κ3) is 28.4. The van der Waals surface area contributed by atoms with Gasteiger partial charge in [0.1, 0.15) is 60.1 Å². The fourth-order valence-electron chi connectivity index (χ4n) is 10.6. The Morgan fingerprint density at radius 1 is 0.639 bits per heavy atom. The second kappa shape index (κ2) is 41.7. The van der Waals surface area contributed by atoms with Crippen molar-refractivity contribution in [1.82, 2.24) is 52.8 Å². The normalized spacial score (nSPS) is 19.1. The van der Waals surface area contributed by atoms with Gasteiger partial charge in [-0.25, -0.2) is 4.79 Å². The number of benzene rings is 2. The van der Waals surface area contributed by atoms with E-state index in [-0.39, 0.29) is 127 Å². The zero-order chi connectivity index (χ0) is 71.6. The molecule has 0 spiro atoms. The molecule has 2 heterocycles. The zero-order valence-electron chi connectivity index (χ0n) is 55.1. The molecular formula is C63H99N21O13. The lowest BCUT2D eigenvalue weighted by Crippen LogP contribution is -2.61. The van der Waals surface area contributed by atoms with E-state index >= 15 is 0 Å². The van der Waals surface area contributed by atoms with Gasteiger partial charge in [0.25, 0.3) is 0 Å². The van der Waals surface area contributed by atoms with Crippen LogP contribution in [0.4, 0.5) is 0 Å². The summed E-state index contributed by atoms with van der Waals surface area (Å²) in [5.41, 5.74) is 46.7. The first-order valence-corrected chi connectivity index (χ1v) is 32.5. The molecule has 1 fully saturated rings. The monoisotopic (exact) mass is 1360 g/mol. The van der Waals surface area contributed by atoms with Crippen molar-refractivity contribution in [3.05, 3.63) is 77.9 Å². The number of carbonyl (C=O) groups is 11. The van der Waals surface area contributed by atoms with Crippen molar-refractivity contribution in [2.75, 3.05) is 39.3 Å². The molecule has 0 saturated carbocycles. The van der Waals surface area contributed by atoms with Gasteiger partial charge in [-0.05, 0) is 126 Å². The number of unbranched alkanes of at least 4 members (excludes halogenated alkanes) is 1. The van der Waals surface area contributed by atoms with Gasteiger partial charge >= 0.3 is 5.97 Å². The number of nitrogens with two attached hydrogens (primary N) is 8. The van der Waals surface area contributed by atoms with Crippen molar-refractivity contribution in [3.8, 4) is 5.75 Å². The van der Waals surface area contributed by atoms with E-state index in [1.807, 2.05) is 0 Å². The van der Waals surface area contributed by atoms with E-state index in [0.717, 1.165) is 0 Å². The summed E-state index contributed by atoms with van der Waals surface area (Å²) in [5, 5.41) is 43.6. The number of nitrogens with zero attached hydrogens (tertiary/aromatic N) is 4. The molecule has 34 heteroatoms. The van der Waals surface area contributed by atoms with E-state index in [2.05, 4.69) is 62.8 Å². The molecule has 34 nitrogen and oxygen atoms in total. The number of rotatable bonds is 36. The average Bonchev–Trinajstić information content (AvgIpc) is 1.77. The van der Waals surface area contributed by atoms with Gasteiger partial charge < -0.3 is 109 Å². The van der Waals surface area contributed by atoms with Crippen LogP contribution in [0.5, 0.6) is 5.75 Å². The van der Waals surface area contributed by atoms with Crippen molar-refractivity contribution >= 4 is 82.9 Å². The fourth-order valence-corrected chi connectivity index (χ4v) is 10.6. The Kier molecular flexibility index (Phi) is 34.1. The fraction of sp³-hybridized carbons (Fsp3) is 0.556. The molecule has 2 aliphatic heterocycles. The van der Waals surface area contributed by atoms with Crippen LogP contribution in [0.15, 0.2) is 81.7 Å². The smallest absolute Gasteiger partial charge is 0.326 e. The maximum Gasteiger partial charge on any atom is 0.326 e. The predicted octanol–water partition coefficient (Wildman–Crippen LogP) is -4.74. The second-order valence-electron chi connectivity index (χ2n) is 23.8. The topological polar surface area (TPSA) is 585 Å². The van der Waals surface area contributed by atoms with E-state index in [1.54, 1.807) is 56.3 Å². The standard InChI is InChI=1S/C63H99N21O13/c1-3-36(2)50(58(94)81-45(22-13-31-74-63(70)71)59(95)84-32-14-23-48(84)57(93)82-46(60(96)97)19-9-10-28-64)83-55(91)44(21-12-30-73-62(68)69)79-54(90)43(20-11-29-72-61(66)67)78-53(89)42-18-8-7-17-41(77-51(87)40(65)33-38-24-26-39(85)27-25-38)52(88)75-35-49(86)76-47(56(92)80-42)34-37-15-5-4-6-16-37/h4-8,15-16,24-27,36,40-48,50,85H,3,9-14,17-23,28-35,64-65H2,1-2H3,(H,75,88)(H,76,86)(H,77,87)(H,78,89)(H,79,90)(H,80,92)(H,81,94)(H,82,93)(H,83,91)(H,96,97)(H4,66,67,72)(H4,68,69,73)(H4,70,71,74)/b8-7-/t36-,40-,41+,42-,43-,44-,45-,46-,47-,48-,50-/m0/s1. The van der Waals surface area contributed by atoms with Gasteiger partial charge in [0, 0.05) is 32.6 Å². The molecule has 534 valence electrons. The summed E-state index contributed by atoms with van der Waals surface area (Å²) in [6.07, 6.45) is 4.28. The highest BCUT2D eigenvalue weighted by atomic mass is 16.4. The minimum absolute atomic E-state index is 0.00517. The van der Waals surface area contributed by atoms with E-state index in [1.165, 1.54) is 29.2 Å². The summed E-state index contributed by atoms with van der Waals surface area (Å²) in [4.78, 5) is 168. The number of likely N-dealkylation sites (tertiary alicyclic amines) is 1. The van der Waals surface area contributed by atoms with Crippen LogP contribution in [-0.2, 0) is 65.6 Å². The minimum Gasteiger partial charge on any atom is -0.508 e. The molecule has 27 N–H and O–H groups in total. The average molecular weight is 1360 g/mol. The lowest BCUT2D eigenvalue weighted by molar-refractivity contribution is -0.145. The van der Waals surface area contributed by atoms with Gasteiger partial charge in [0.15, 0.2) is 17.9 Å². The van der Waals surface area contributed by atoms with Crippen molar-refractivity contribution in [2.24, 2.45) is 66.8 Å². The Morgan fingerprint density at radius 2 is 1.20 bits per heavy atom. The van der Waals surface area contributed by atoms with Crippen LogP contribution in [0.25, 0.3) is 0 Å². The number of nitrogens with one attached hydrogen (secondary N) is 9. The van der Waals surface area contributed by atoms with Gasteiger partial charge in [-0.3, -0.25) is 62.9 Å². The first-order valence-electron chi connectivity index (χ1n) is 32.5. The number of aromatic hydroxyl groups is 1. The highest BCUT2D eigenvalue weighted by Crippen LogP contribution is 2.22. The number of carboxylic acids is 1. The van der Waals surface area contributed by atoms with E-state index in [9.17, 15) is 63.0 Å². The predicted molar refractivity (Wildman–Crippen MR) is 361 cm³/mol. The highest BCUT2D eigenvalue weighted by Gasteiger charge is 2.41. The number of phenolic OH excluding ortho intramolecular Hbond substituents is 1. The number of guanidine groups is 3. The van der Waals surface area contributed by atoms with Gasteiger partial charge in [0.05, 0.1) is 12.6 Å². The Morgan fingerprint density at radius 3 is 1.78 bits per heavy atom. The molecule has 0 aromatic heterocycles. The van der Waals surface area contributed by atoms with Crippen LogP contribution < -0.4 is 93.7 Å². The van der Waals surface area contributed by atoms with E-state index in [4.69, 9.17) is 45.9 Å². The lowest BCUT2D eigenvalue weighted by atomic mass is 9.96. The molecule has 2 aromatic carbocycles. The van der Waals surface area contributed by atoms with Crippen molar-refractivity contribution in [2.45, 2.75) is 177 Å². The Balaban J connectivity index is 1.68. The lowest BCUT2D eigenvalue weighted by Gasteiger charge is -2.32. The number of amides is 10. The molecule has 0 bridgehead atoms. The van der Waals surface area contributed by atoms with Crippen molar-refractivity contribution in [1.29, 1.82) is 0 Å². The third-order valence-corrected chi connectivity index (χ3v) is 16.2. The van der Waals surface area contributed by atoms with Crippen LogP contribution >= 0.6 is 0 Å². The number of aliphatic carboxylic acids is 1. The molecular weight excluding hydrogens is 1260 g/mol. The summed E-state index contributed by atoms with van der Waals surface area (Å²) in [7, 11) is 0. The van der Waals surface area contributed by atoms with Crippen LogP contribution in [0.2, 0.25) is 0 Å². The number of phenols is 1. The first kappa shape index (κ1) is 79.3. The quantitative estimate of drug-likeness (QED) is 0.0132. The molecule has 10 amide bonds. The maximum atomic E-state index is 14.8. The minimum atomic E-state index is -1.50. The van der Waals surface area contributed by atoms with Crippen LogP contribution in [0.3, 0.4) is 0 Å². The van der Waals surface area contributed by atoms with E-state index < -0.39 is 138 Å². The van der Waals surface area contributed by atoms with Gasteiger partial charge in [0.2, 0.25) is 59.1 Å². The van der Waals surface area contributed by atoms with Crippen LogP contribution in [0.1, 0.15) is 115 Å². The maximum absolute atomic E-state index is 14.8. The summed E-state index contributed by atoms with van der Waals surface area (Å²) in [5.74, 6) is -10.6. The number of hydrogen-bond acceptors (Lipinski definition) is 17.